The van der Waals surface area contributed by atoms with Crippen LogP contribution in [0.15, 0.2) is 58.7 Å². The molecule has 2 aromatic carbocycles. The molecule has 0 spiro atoms. The molecule has 0 heterocycles. The standard InChI is InChI=1S/C17H18ClN3O2/c1-20-17(19)16(21-22-2)13-8-4-3-7-12(13)11-23-15-10-6-5-9-14(15)18/h3-10H,11H2,1-2H3,(H2,19,20). The van der Waals surface area contributed by atoms with Gasteiger partial charge in [-0.1, -0.05) is 53.2 Å². The van der Waals surface area contributed by atoms with Crippen LogP contribution in [0.1, 0.15) is 11.1 Å². The van der Waals surface area contributed by atoms with Gasteiger partial charge in [0, 0.05) is 12.6 Å². The molecule has 2 rings (SSSR count). The average molecular weight is 332 g/mol. The summed E-state index contributed by atoms with van der Waals surface area (Å²) in [6.45, 7) is 0.319. The molecule has 23 heavy (non-hydrogen) atoms. The predicted molar refractivity (Wildman–Crippen MR) is 93.3 cm³/mol. The van der Waals surface area contributed by atoms with Gasteiger partial charge in [0.2, 0.25) is 0 Å². The number of halogens is 1. The Hall–Kier alpha value is -2.53. The first kappa shape index (κ1) is 16.8. The van der Waals surface area contributed by atoms with Crippen LogP contribution < -0.4 is 10.5 Å². The van der Waals surface area contributed by atoms with E-state index in [2.05, 4.69) is 10.1 Å². The van der Waals surface area contributed by atoms with Gasteiger partial charge >= 0.3 is 0 Å². The largest absolute Gasteiger partial charge is 0.487 e. The van der Waals surface area contributed by atoms with Crippen LogP contribution in [0.25, 0.3) is 0 Å². The van der Waals surface area contributed by atoms with Crippen molar-refractivity contribution in [2.75, 3.05) is 14.2 Å². The van der Waals surface area contributed by atoms with Crippen LogP contribution in [0.4, 0.5) is 0 Å². The molecule has 2 aromatic rings. The number of rotatable bonds is 6. The van der Waals surface area contributed by atoms with Gasteiger partial charge in [-0.2, -0.15) is 0 Å². The second-order valence-electron chi connectivity index (χ2n) is 4.61. The Bertz CT molecular complexity index is 729. The number of ether oxygens (including phenoxy) is 1. The molecule has 0 atom stereocenters. The Morgan fingerprint density at radius 2 is 1.83 bits per heavy atom. The quantitative estimate of drug-likeness (QED) is 0.502. The summed E-state index contributed by atoms with van der Waals surface area (Å²) in [4.78, 5) is 8.86. The van der Waals surface area contributed by atoms with Crippen LogP contribution in [0.2, 0.25) is 5.02 Å². The highest BCUT2D eigenvalue weighted by Crippen LogP contribution is 2.24. The summed E-state index contributed by atoms with van der Waals surface area (Å²) >= 11 is 6.11. The second kappa shape index (κ2) is 8.19. The highest BCUT2D eigenvalue weighted by Gasteiger charge is 2.14. The molecule has 0 aromatic heterocycles. The SMILES string of the molecule is CN=C(N)C(=NOC)c1ccccc1COc1ccccc1Cl. The number of nitrogens with zero attached hydrogens (tertiary/aromatic N) is 2. The molecule has 0 aliphatic heterocycles. The van der Waals surface area contributed by atoms with Gasteiger partial charge in [-0.25, -0.2) is 0 Å². The fourth-order valence-corrected chi connectivity index (χ4v) is 2.22. The number of benzene rings is 2. The van der Waals surface area contributed by atoms with Crippen molar-refractivity contribution >= 4 is 23.1 Å². The lowest BCUT2D eigenvalue weighted by atomic mass is 10.0. The van der Waals surface area contributed by atoms with Gasteiger partial charge < -0.3 is 15.3 Å². The van der Waals surface area contributed by atoms with Crippen LogP contribution in [0, 0.1) is 0 Å². The van der Waals surface area contributed by atoms with E-state index in [1.54, 1.807) is 13.1 Å². The van der Waals surface area contributed by atoms with Crippen molar-refractivity contribution in [1.82, 2.24) is 0 Å². The first-order chi connectivity index (χ1) is 11.2. The van der Waals surface area contributed by atoms with Gasteiger partial charge in [0.1, 0.15) is 25.3 Å². The maximum Gasteiger partial charge on any atom is 0.152 e. The van der Waals surface area contributed by atoms with Crippen molar-refractivity contribution in [1.29, 1.82) is 0 Å². The Balaban J connectivity index is 2.30. The summed E-state index contributed by atoms with van der Waals surface area (Å²) in [6, 6.07) is 14.9. The van der Waals surface area contributed by atoms with Crippen LogP contribution in [-0.4, -0.2) is 25.7 Å². The second-order valence-corrected chi connectivity index (χ2v) is 5.01. The van der Waals surface area contributed by atoms with Crippen LogP contribution in [0.5, 0.6) is 5.75 Å². The van der Waals surface area contributed by atoms with E-state index in [1.807, 2.05) is 42.5 Å². The summed E-state index contributed by atoms with van der Waals surface area (Å²) in [5.41, 5.74) is 8.07. The Kier molecular flexibility index (Phi) is 6.00. The number of amidine groups is 1. The molecule has 0 unspecified atom stereocenters. The smallest absolute Gasteiger partial charge is 0.152 e. The average Bonchev–Trinajstić information content (AvgIpc) is 2.59. The van der Waals surface area contributed by atoms with E-state index in [0.717, 1.165) is 11.1 Å². The number of oxime groups is 1. The number of hydrogen-bond donors (Lipinski definition) is 1. The topological polar surface area (TPSA) is 69.2 Å². The van der Waals surface area contributed by atoms with Crippen LogP contribution in [-0.2, 0) is 11.4 Å². The third-order valence-electron chi connectivity index (χ3n) is 3.16. The van der Waals surface area contributed by atoms with E-state index in [0.29, 0.717) is 23.1 Å². The van der Waals surface area contributed by atoms with Crippen molar-refractivity contribution in [3.63, 3.8) is 0 Å². The molecule has 2 N–H and O–H groups in total. The molecular weight excluding hydrogens is 314 g/mol. The van der Waals surface area contributed by atoms with Gasteiger partial charge in [0.05, 0.1) is 5.02 Å². The fourth-order valence-electron chi connectivity index (χ4n) is 2.03. The summed E-state index contributed by atoms with van der Waals surface area (Å²) in [6.07, 6.45) is 0. The summed E-state index contributed by atoms with van der Waals surface area (Å²) in [5, 5.41) is 4.54. The van der Waals surface area contributed by atoms with Crippen molar-refractivity contribution in [2.45, 2.75) is 6.61 Å². The lowest BCUT2D eigenvalue weighted by molar-refractivity contribution is 0.214. The molecule has 0 aliphatic carbocycles. The van der Waals surface area contributed by atoms with E-state index in [4.69, 9.17) is 26.9 Å². The molecule has 0 bridgehead atoms. The van der Waals surface area contributed by atoms with Crippen LogP contribution >= 0.6 is 11.6 Å². The van der Waals surface area contributed by atoms with Crippen molar-refractivity contribution < 1.29 is 9.57 Å². The Labute approximate surface area is 140 Å². The van der Waals surface area contributed by atoms with Gasteiger partial charge in [-0.3, -0.25) is 4.99 Å². The van der Waals surface area contributed by atoms with Gasteiger partial charge in [0.15, 0.2) is 5.71 Å². The highest BCUT2D eigenvalue weighted by molar-refractivity contribution is 6.47. The van der Waals surface area contributed by atoms with Crippen molar-refractivity contribution in [3.05, 3.63) is 64.7 Å². The van der Waals surface area contributed by atoms with Crippen molar-refractivity contribution in [3.8, 4) is 5.75 Å². The molecule has 6 heteroatoms. The lowest BCUT2D eigenvalue weighted by Crippen LogP contribution is -2.26. The molecule has 120 valence electrons. The number of aliphatic imine (C=N–C) groups is 1. The highest BCUT2D eigenvalue weighted by atomic mass is 35.5. The molecule has 0 saturated carbocycles. The minimum Gasteiger partial charge on any atom is -0.487 e. The van der Waals surface area contributed by atoms with E-state index in [-0.39, 0.29) is 5.84 Å². The maximum absolute atomic E-state index is 6.11. The third-order valence-corrected chi connectivity index (χ3v) is 3.47. The lowest BCUT2D eigenvalue weighted by Gasteiger charge is -2.13. The normalized spacial score (nSPS) is 12.1. The van der Waals surface area contributed by atoms with Gasteiger partial charge in [-0.05, 0) is 17.7 Å². The zero-order valence-corrected chi connectivity index (χ0v) is 13.7. The third kappa shape index (κ3) is 4.23. The minimum absolute atomic E-state index is 0.289. The van der Waals surface area contributed by atoms with E-state index in [9.17, 15) is 0 Å². The summed E-state index contributed by atoms with van der Waals surface area (Å²) in [5.74, 6) is 0.906. The Morgan fingerprint density at radius 3 is 2.52 bits per heavy atom. The fraction of sp³-hybridized carbons (Fsp3) is 0.176. The first-order valence-corrected chi connectivity index (χ1v) is 7.34. The number of nitrogens with two attached hydrogens (primary N) is 1. The molecule has 0 aliphatic rings. The first-order valence-electron chi connectivity index (χ1n) is 6.96. The van der Waals surface area contributed by atoms with Gasteiger partial charge in [-0.15, -0.1) is 0 Å². The van der Waals surface area contributed by atoms with Gasteiger partial charge in [0.25, 0.3) is 0 Å². The predicted octanol–water partition coefficient (Wildman–Crippen LogP) is 3.26. The summed E-state index contributed by atoms with van der Waals surface area (Å²) in [7, 11) is 3.06. The zero-order chi connectivity index (χ0) is 16.7. The number of para-hydroxylation sites is 1. The molecule has 0 amide bonds. The van der Waals surface area contributed by atoms with Crippen molar-refractivity contribution in [2.24, 2.45) is 15.9 Å². The molecular formula is C17H18ClN3O2. The molecule has 0 radical (unpaired) electrons. The van der Waals surface area contributed by atoms with E-state index < -0.39 is 0 Å². The molecule has 0 fully saturated rings. The van der Waals surface area contributed by atoms with Crippen LogP contribution in [0.3, 0.4) is 0 Å². The summed E-state index contributed by atoms with van der Waals surface area (Å²) < 4.78 is 5.80. The van der Waals surface area contributed by atoms with E-state index >= 15 is 0 Å². The number of hydrogen-bond acceptors (Lipinski definition) is 4. The molecule has 5 nitrogen and oxygen atoms in total. The van der Waals surface area contributed by atoms with E-state index in [1.165, 1.54) is 7.11 Å². The zero-order valence-electron chi connectivity index (χ0n) is 13.0. The molecule has 0 saturated heterocycles. The maximum atomic E-state index is 6.11. The Morgan fingerprint density at radius 1 is 1.13 bits per heavy atom. The monoisotopic (exact) mass is 331 g/mol. The minimum atomic E-state index is 0.289.